The first kappa shape index (κ1) is 21.0. The van der Waals surface area contributed by atoms with Gasteiger partial charge in [0.05, 0.1) is 23.2 Å². The van der Waals surface area contributed by atoms with E-state index in [0.717, 1.165) is 5.56 Å². The highest BCUT2D eigenvalue weighted by atomic mass is 35.6. The van der Waals surface area contributed by atoms with Crippen LogP contribution in [-0.4, -0.2) is 24.7 Å². The molecule has 148 valence electrons. The minimum Gasteiger partial charge on any atom is -0.342 e. The van der Waals surface area contributed by atoms with Crippen LogP contribution >= 0.6 is 34.8 Å². The third kappa shape index (κ3) is 4.30. The molecule has 0 aliphatic carbocycles. The highest BCUT2D eigenvalue weighted by Gasteiger charge is 2.34. The molecule has 0 spiro atoms. The number of halogens is 3. The lowest BCUT2D eigenvalue weighted by Crippen LogP contribution is -2.37. The topological polar surface area (TPSA) is 66.5 Å². The molecule has 1 heterocycles. The number of hydrogen-bond acceptors (Lipinski definition) is 3. The largest absolute Gasteiger partial charge is 0.342 e. The molecule has 0 saturated carbocycles. The van der Waals surface area contributed by atoms with E-state index in [-0.39, 0.29) is 11.4 Å². The van der Waals surface area contributed by atoms with Crippen molar-refractivity contribution in [2.24, 2.45) is 0 Å². The number of sulfonamides is 1. The molecule has 1 atom stereocenters. The van der Waals surface area contributed by atoms with Crippen LogP contribution in [0.25, 0.3) is 0 Å². The number of carbonyl (C=O) groups excluding carboxylic acids is 1. The lowest BCUT2D eigenvalue weighted by atomic mass is 10.1. The molecule has 0 bridgehead atoms. The van der Waals surface area contributed by atoms with E-state index in [2.05, 4.69) is 5.32 Å². The first-order valence-corrected chi connectivity index (χ1v) is 10.9. The Bertz CT molecular complexity index is 1020. The standard InChI is InChI=1S/C19H17Cl3N2O3S/c1-13-8-10-14(11-9-13)28(26,27)24-12-4-6-16(23-18(25)19(20,21)22)15-5-2-3-7-17(15)24/h2-11,16H,12H2,1H3,(H,23,25). The summed E-state index contributed by atoms with van der Waals surface area (Å²) in [7, 11) is -3.80. The number of alkyl halides is 3. The van der Waals surface area contributed by atoms with Gasteiger partial charge < -0.3 is 5.32 Å². The highest BCUT2D eigenvalue weighted by molar-refractivity contribution is 7.92. The minimum absolute atomic E-state index is 0.105. The first-order chi connectivity index (χ1) is 13.1. The lowest BCUT2D eigenvalue weighted by Gasteiger charge is -2.26. The predicted molar refractivity (Wildman–Crippen MR) is 112 cm³/mol. The average Bonchev–Trinajstić information content (AvgIpc) is 2.81. The maximum Gasteiger partial charge on any atom is 0.272 e. The van der Waals surface area contributed by atoms with Crippen molar-refractivity contribution in [3.05, 3.63) is 71.8 Å². The number of aryl methyl sites for hydroxylation is 1. The van der Waals surface area contributed by atoms with Crippen molar-refractivity contribution in [3.8, 4) is 0 Å². The molecule has 5 nitrogen and oxygen atoms in total. The minimum atomic E-state index is -3.80. The normalized spacial score (nSPS) is 17.0. The molecule has 2 aromatic rings. The van der Waals surface area contributed by atoms with Crippen LogP contribution in [0.5, 0.6) is 0 Å². The third-order valence-corrected chi connectivity index (χ3v) is 6.60. The number of fused-ring (bicyclic) bond motifs is 1. The number of rotatable bonds is 3. The van der Waals surface area contributed by atoms with Gasteiger partial charge in [-0.3, -0.25) is 9.10 Å². The van der Waals surface area contributed by atoms with Crippen LogP contribution in [0.15, 0.2) is 65.6 Å². The van der Waals surface area contributed by atoms with Crippen LogP contribution in [-0.2, 0) is 14.8 Å². The summed E-state index contributed by atoms with van der Waals surface area (Å²) < 4.78 is 25.7. The van der Waals surface area contributed by atoms with Gasteiger partial charge in [0.1, 0.15) is 0 Å². The molecule has 0 aromatic heterocycles. The number of amides is 1. The first-order valence-electron chi connectivity index (χ1n) is 8.33. The van der Waals surface area contributed by atoms with Gasteiger partial charge >= 0.3 is 0 Å². The number of benzene rings is 2. The average molecular weight is 460 g/mol. The van der Waals surface area contributed by atoms with Gasteiger partial charge in [-0.15, -0.1) is 0 Å². The molecule has 1 aliphatic heterocycles. The van der Waals surface area contributed by atoms with Gasteiger partial charge in [-0.2, -0.15) is 0 Å². The summed E-state index contributed by atoms with van der Waals surface area (Å²) in [6.07, 6.45) is 3.34. The number of hydrogen-bond donors (Lipinski definition) is 1. The van der Waals surface area contributed by atoms with E-state index >= 15 is 0 Å². The zero-order valence-electron chi connectivity index (χ0n) is 14.8. The third-order valence-electron chi connectivity index (χ3n) is 4.29. The Morgan fingerprint density at radius 3 is 2.39 bits per heavy atom. The van der Waals surface area contributed by atoms with Gasteiger partial charge in [-0.1, -0.05) is 82.9 Å². The van der Waals surface area contributed by atoms with Gasteiger partial charge in [-0.25, -0.2) is 8.42 Å². The Morgan fingerprint density at radius 2 is 1.75 bits per heavy atom. The van der Waals surface area contributed by atoms with Crippen molar-refractivity contribution in [1.29, 1.82) is 0 Å². The molecule has 1 aliphatic rings. The smallest absolute Gasteiger partial charge is 0.272 e. The van der Waals surface area contributed by atoms with E-state index in [1.165, 1.54) is 4.31 Å². The Kier molecular flexibility index (Phi) is 5.96. The fraction of sp³-hybridized carbons (Fsp3) is 0.211. The second-order valence-electron chi connectivity index (χ2n) is 6.29. The summed E-state index contributed by atoms with van der Waals surface area (Å²) in [5.74, 6) is -0.795. The van der Waals surface area contributed by atoms with Gasteiger partial charge in [-0.05, 0) is 25.1 Å². The molecule has 0 saturated heterocycles. The Hall–Kier alpha value is -1.73. The molecule has 3 rings (SSSR count). The zero-order chi connectivity index (χ0) is 20.5. The molecule has 9 heteroatoms. The van der Waals surface area contributed by atoms with Crippen LogP contribution in [0.4, 0.5) is 5.69 Å². The number of nitrogens with one attached hydrogen (secondary N) is 1. The van der Waals surface area contributed by atoms with Crippen molar-refractivity contribution < 1.29 is 13.2 Å². The van der Waals surface area contributed by atoms with E-state index in [0.29, 0.717) is 11.3 Å². The molecule has 0 fully saturated rings. The van der Waals surface area contributed by atoms with E-state index in [1.807, 2.05) is 6.92 Å². The van der Waals surface area contributed by atoms with Gasteiger partial charge in [0, 0.05) is 5.56 Å². The molecular formula is C19H17Cl3N2O3S. The van der Waals surface area contributed by atoms with E-state index in [1.54, 1.807) is 60.7 Å². The molecule has 1 amide bonds. The van der Waals surface area contributed by atoms with Crippen LogP contribution < -0.4 is 9.62 Å². The SMILES string of the molecule is Cc1ccc(S(=O)(=O)N2CC=CC(NC(=O)C(Cl)(Cl)Cl)c3ccccc32)cc1. The predicted octanol–water partition coefficient (Wildman–Crippen LogP) is 4.29. The maximum absolute atomic E-state index is 13.2. The van der Waals surface area contributed by atoms with E-state index in [4.69, 9.17) is 34.8 Å². The highest BCUT2D eigenvalue weighted by Crippen LogP contribution is 2.35. The van der Waals surface area contributed by atoms with Crippen LogP contribution in [0.1, 0.15) is 17.2 Å². The molecule has 0 radical (unpaired) electrons. The van der Waals surface area contributed by atoms with Gasteiger partial charge in [0.15, 0.2) is 0 Å². The summed E-state index contributed by atoms with van der Waals surface area (Å²) in [6.45, 7) is 1.99. The van der Waals surface area contributed by atoms with Gasteiger partial charge in [0.25, 0.3) is 19.7 Å². The van der Waals surface area contributed by atoms with Gasteiger partial charge in [0.2, 0.25) is 0 Å². The summed E-state index contributed by atoms with van der Waals surface area (Å²) >= 11 is 17.0. The van der Waals surface area contributed by atoms with Crippen LogP contribution in [0.2, 0.25) is 0 Å². The summed E-state index contributed by atoms with van der Waals surface area (Å²) in [5.41, 5.74) is 1.99. The van der Waals surface area contributed by atoms with Crippen molar-refractivity contribution in [2.75, 3.05) is 10.8 Å². The van der Waals surface area contributed by atoms with Crippen LogP contribution in [0.3, 0.4) is 0 Å². The maximum atomic E-state index is 13.2. The Labute approximate surface area is 178 Å². The fourth-order valence-electron chi connectivity index (χ4n) is 2.89. The quantitative estimate of drug-likeness (QED) is 0.550. The Morgan fingerprint density at radius 1 is 1.11 bits per heavy atom. The zero-order valence-corrected chi connectivity index (χ0v) is 17.9. The monoisotopic (exact) mass is 458 g/mol. The molecule has 28 heavy (non-hydrogen) atoms. The second kappa shape index (κ2) is 7.95. The summed E-state index contributed by atoms with van der Waals surface area (Å²) in [5, 5.41) is 2.63. The number of carbonyl (C=O) groups is 1. The van der Waals surface area contributed by atoms with Crippen molar-refractivity contribution in [3.63, 3.8) is 0 Å². The number of para-hydroxylation sites is 1. The number of anilines is 1. The Balaban J connectivity index is 2.03. The second-order valence-corrected chi connectivity index (χ2v) is 10.4. The fourth-order valence-corrected chi connectivity index (χ4v) is 4.49. The molecule has 2 aromatic carbocycles. The molecule has 1 unspecified atom stereocenters. The lowest BCUT2D eigenvalue weighted by molar-refractivity contribution is -0.120. The van der Waals surface area contributed by atoms with Crippen molar-refractivity contribution in [1.82, 2.24) is 5.32 Å². The molecule has 1 N–H and O–H groups in total. The van der Waals surface area contributed by atoms with Crippen molar-refractivity contribution in [2.45, 2.75) is 21.7 Å². The van der Waals surface area contributed by atoms with Crippen LogP contribution in [0, 0.1) is 6.92 Å². The molecular weight excluding hydrogens is 443 g/mol. The van der Waals surface area contributed by atoms with E-state index < -0.39 is 25.8 Å². The number of nitrogens with zero attached hydrogens (tertiary/aromatic N) is 1. The van der Waals surface area contributed by atoms with E-state index in [9.17, 15) is 13.2 Å². The summed E-state index contributed by atoms with van der Waals surface area (Å²) in [4.78, 5) is 12.3. The van der Waals surface area contributed by atoms with Crippen molar-refractivity contribution >= 4 is 56.4 Å². The summed E-state index contributed by atoms with van der Waals surface area (Å²) in [6, 6.07) is 12.9.